The first-order valence-corrected chi connectivity index (χ1v) is 21.5. The van der Waals surface area contributed by atoms with E-state index < -0.39 is 285 Å². The van der Waals surface area contributed by atoms with Crippen LogP contribution in [0.25, 0.3) is 77.9 Å². The van der Waals surface area contributed by atoms with Crippen LogP contribution in [-0.2, 0) is 0 Å². The summed E-state index contributed by atoms with van der Waals surface area (Å²) in [7, 11) is -1.29. The van der Waals surface area contributed by atoms with Gasteiger partial charge in [-0.1, -0.05) is 0 Å². The van der Waals surface area contributed by atoms with Crippen molar-refractivity contribution in [2.75, 3.05) is 0 Å². The van der Waals surface area contributed by atoms with E-state index >= 15 is 92.2 Å². The van der Waals surface area contributed by atoms with Gasteiger partial charge in [0.1, 0.15) is 52.4 Å². The van der Waals surface area contributed by atoms with Gasteiger partial charge in [-0.05, 0) is 0 Å². The molecule has 0 unspecified atom stereocenters. The van der Waals surface area contributed by atoms with Gasteiger partial charge in [0.05, 0.1) is 77.9 Å². The Morgan fingerprint density at radius 1 is 0.0976 bits per heavy atom. The second-order valence-corrected chi connectivity index (χ2v) is 17.2. The number of hydrogen-bond donors (Lipinski definition) is 0. The van der Waals surface area contributed by atoms with E-state index in [4.69, 9.17) is 0 Å². The van der Waals surface area contributed by atoms with Gasteiger partial charge in [0.25, 0.3) is 0 Å². The molecule has 0 fully saturated rings. The fourth-order valence-corrected chi connectivity index (χ4v) is 8.67. The van der Waals surface area contributed by atoms with Crippen LogP contribution in [0, 0.1) is 192 Å². The highest BCUT2D eigenvalue weighted by molar-refractivity contribution is 6.32. The third kappa shape index (κ3) is 7.99. The summed E-state index contributed by atoms with van der Waals surface area (Å²) in [5, 5.41) is -1.83. The van der Waals surface area contributed by atoms with E-state index in [0.29, 0.717) is 0 Å². The lowest BCUT2D eigenvalue weighted by Gasteiger charge is -2.23. The minimum Gasteiger partial charge on any atom is -0.205 e. The van der Waals surface area contributed by atoms with Crippen molar-refractivity contribution in [2.24, 2.45) is 0 Å². The van der Waals surface area contributed by atoms with Crippen LogP contribution in [0.15, 0.2) is 0 Å². The van der Waals surface area contributed by atoms with Gasteiger partial charge < -0.3 is 0 Å². The van der Waals surface area contributed by atoms with E-state index in [2.05, 4.69) is 0 Å². The number of hydrogen-bond acceptors (Lipinski definition) is 0. The molecule has 8 rings (SSSR count). The Hall–Kier alpha value is -8.33. The molecule has 0 nitrogen and oxygen atoms in total. The summed E-state index contributed by atoms with van der Waals surface area (Å²) >= 11 is 0. The first-order valence-electron chi connectivity index (χ1n) is 20.5. The van der Waals surface area contributed by atoms with E-state index in [1.807, 2.05) is 0 Å². The standard InChI is InChI=1S/C48H3F33Si/c49-15-1(3-16(50)5(10-24(58)34(68)42(76)35(69)25(10)59)22(56)6(17(3)51)11-26(60)36(70)43(77)37(71)27(11)61)20(54)9(14-32(66)46(80)48(82)47(81)33(14)67)21(55)2(15)4-18(52)7(12-28(62)38(72)44(78)39(73)29(12)63)23(57)8(19(4)53)13-30(64)40(74)45(79)41(75)31(13)65/h82H3. The third-order valence-corrected chi connectivity index (χ3v) is 12.9. The van der Waals surface area contributed by atoms with Gasteiger partial charge in [0.15, 0.2) is 116 Å². The molecule has 0 atom stereocenters. The number of benzene rings is 8. The molecule has 0 aromatic heterocycles. The molecule has 0 radical (unpaired) electrons. The zero-order valence-electron chi connectivity index (χ0n) is 37.5. The van der Waals surface area contributed by atoms with Gasteiger partial charge >= 0.3 is 0 Å². The molecule has 8 aromatic carbocycles. The van der Waals surface area contributed by atoms with Crippen LogP contribution in [0.4, 0.5) is 145 Å². The SMILES string of the molecule is Fc1c(F)c(F)c(-c2c(F)c(-c3c(F)c(F)c(F)c(F)c3F)c(F)c(-c3c(F)c(-c4c(F)c(F)c([SiH3])c(F)c4F)c(F)c(-c4c(F)c(-c5c(F)c(F)c(F)c(F)c5F)c(F)c(-c5c(F)c(F)c(F)c(F)c5F)c4F)c3F)c2F)c(F)c1F. The Morgan fingerprint density at radius 3 is 0.280 bits per heavy atom. The summed E-state index contributed by atoms with van der Waals surface area (Å²) in [4.78, 5) is 0. The van der Waals surface area contributed by atoms with Crippen LogP contribution in [0.2, 0.25) is 0 Å². The predicted octanol–water partition coefficient (Wildman–Crippen LogP) is 15.9. The maximum Gasteiger partial charge on any atom is 0.200 e. The van der Waals surface area contributed by atoms with Crippen molar-refractivity contribution in [3.8, 4) is 77.9 Å². The molecule has 0 saturated heterocycles. The minimum atomic E-state index is -4.10. The average molecular weight is 1230 g/mol. The monoisotopic (exact) mass is 1230 g/mol. The smallest absolute Gasteiger partial charge is 0.200 e. The van der Waals surface area contributed by atoms with Crippen molar-refractivity contribution >= 4 is 15.4 Å². The molecular weight excluding hydrogens is 1230 g/mol. The predicted molar refractivity (Wildman–Crippen MR) is 213 cm³/mol. The van der Waals surface area contributed by atoms with Crippen LogP contribution in [0.3, 0.4) is 0 Å². The Kier molecular flexibility index (Phi) is 14.8. The topological polar surface area (TPSA) is 0 Å². The fourth-order valence-electron chi connectivity index (χ4n) is 8.23. The average Bonchev–Trinajstić information content (AvgIpc) is 2.11. The van der Waals surface area contributed by atoms with E-state index in [-0.39, 0.29) is 0 Å². The summed E-state index contributed by atoms with van der Waals surface area (Å²) in [6.07, 6.45) is 0. The van der Waals surface area contributed by atoms with Crippen molar-refractivity contribution in [1.82, 2.24) is 0 Å². The molecule has 8 aromatic rings. The number of halogens is 33. The second-order valence-electron chi connectivity index (χ2n) is 16.2. The van der Waals surface area contributed by atoms with Crippen molar-refractivity contribution in [2.45, 2.75) is 0 Å². The lowest BCUT2D eigenvalue weighted by atomic mass is 9.84. The Balaban J connectivity index is 1.77. The summed E-state index contributed by atoms with van der Waals surface area (Å²) in [5.74, 6) is -118. The highest BCUT2D eigenvalue weighted by Gasteiger charge is 2.45. The van der Waals surface area contributed by atoms with E-state index in [1.165, 1.54) is 0 Å². The van der Waals surface area contributed by atoms with Crippen LogP contribution >= 0.6 is 0 Å². The summed E-state index contributed by atoms with van der Waals surface area (Å²) in [5.41, 5.74) is -49.2. The molecule has 34 heteroatoms. The van der Waals surface area contributed by atoms with Crippen molar-refractivity contribution < 1.29 is 145 Å². The largest absolute Gasteiger partial charge is 0.205 e. The first-order chi connectivity index (χ1) is 38.0. The Bertz CT molecular complexity index is 3690. The summed E-state index contributed by atoms with van der Waals surface area (Å²) in [6.45, 7) is 0. The molecule has 0 N–H and O–H groups in total. The number of rotatable bonds is 7. The van der Waals surface area contributed by atoms with Crippen LogP contribution in [0.1, 0.15) is 0 Å². The highest BCUT2D eigenvalue weighted by atomic mass is 28.1. The molecule has 0 aliphatic carbocycles. The summed E-state index contributed by atoms with van der Waals surface area (Å²) in [6, 6.07) is 0. The maximum absolute atomic E-state index is 17.8. The van der Waals surface area contributed by atoms with Gasteiger partial charge in [-0.15, -0.1) is 0 Å². The minimum absolute atomic E-state index is 1.29. The van der Waals surface area contributed by atoms with Gasteiger partial charge in [-0.3, -0.25) is 0 Å². The third-order valence-electron chi connectivity index (χ3n) is 12.0. The van der Waals surface area contributed by atoms with Gasteiger partial charge in [-0.25, -0.2) is 145 Å². The molecule has 0 amide bonds. The van der Waals surface area contributed by atoms with E-state index in [1.54, 1.807) is 0 Å². The fraction of sp³-hybridized carbons (Fsp3) is 0. The lowest BCUT2D eigenvalue weighted by molar-refractivity contribution is 0.379. The van der Waals surface area contributed by atoms with E-state index in [9.17, 15) is 52.7 Å². The lowest BCUT2D eigenvalue weighted by Crippen LogP contribution is -2.21. The van der Waals surface area contributed by atoms with E-state index in [0.717, 1.165) is 0 Å². The van der Waals surface area contributed by atoms with Gasteiger partial charge in [-0.2, -0.15) is 0 Å². The summed E-state index contributed by atoms with van der Waals surface area (Å²) < 4.78 is 516. The zero-order chi connectivity index (χ0) is 61.7. The zero-order valence-corrected chi connectivity index (χ0v) is 39.5. The van der Waals surface area contributed by atoms with Crippen molar-refractivity contribution in [1.29, 1.82) is 0 Å². The molecule has 0 spiro atoms. The quantitative estimate of drug-likeness (QED) is 0.0646. The van der Waals surface area contributed by atoms with Crippen LogP contribution in [-0.4, -0.2) is 10.2 Å². The molecule has 0 aliphatic heterocycles. The molecule has 430 valence electrons. The maximum atomic E-state index is 17.8. The van der Waals surface area contributed by atoms with Crippen molar-refractivity contribution in [3.05, 3.63) is 192 Å². The van der Waals surface area contributed by atoms with Gasteiger partial charge in [0.2, 0.25) is 23.3 Å². The first kappa shape index (κ1) is 59.8. The van der Waals surface area contributed by atoms with Crippen LogP contribution < -0.4 is 5.19 Å². The molecule has 0 saturated carbocycles. The Morgan fingerprint density at radius 2 is 0.171 bits per heavy atom. The molecule has 0 heterocycles. The molecule has 82 heavy (non-hydrogen) atoms. The molecule has 0 bridgehead atoms. The normalized spacial score (nSPS) is 11.8. The van der Waals surface area contributed by atoms with Crippen LogP contribution in [0.5, 0.6) is 0 Å². The molecule has 0 aliphatic rings. The second kappa shape index (κ2) is 20.3. The Labute approximate surface area is 429 Å². The van der Waals surface area contributed by atoms with Gasteiger partial charge in [0, 0.05) is 15.4 Å². The highest BCUT2D eigenvalue weighted by Crippen LogP contribution is 2.54. The molecular formula is C48H3F33Si. The van der Waals surface area contributed by atoms with Crippen molar-refractivity contribution in [3.63, 3.8) is 0 Å².